The molecule has 4 aromatic rings. The fourth-order valence-electron chi connectivity index (χ4n) is 3.67. The summed E-state index contributed by atoms with van der Waals surface area (Å²) >= 11 is 6.02. The quantitative estimate of drug-likeness (QED) is 0.474. The van der Waals surface area contributed by atoms with E-state index < -0.39 is 0 Å². The van der Waals surface area contributed by atoms with Gasteiger partial charge in [0.15, 0.2) is 5.58 Å². The highest BCUT2D eigenvalue weighted by atomic mass is 35.5. The number of nitrogens with zero attached hydrogens (tertiary/aromatic N) is 5. The number of amides is 1. The minimum Gasteiger partial charge on any atom is -0.473 e. The van der Waals surface area contributed by atoms with E-state index in [4.69, 9.17) is 20.9 Å². The molecule has 0 radical (unpaired) electrons. The number of carbonyl (C=O) groups is 1. The number of benzene rings is 1. The average Bonchev–Trinajstić information content (AvgIpc) is 3.36. The van der Waals surface area contributed by atoms with Crippen molar-refractivity contribution in [1.29, 1.82) is 0 Å². The van der Waals surface area contributed by atoms with E-state index in [1.807, 2.05) is 6.92 Å². The Hall–Kier alpha value is -3.59. The molecule has 1 aromatic carbocycles. The number of ether oxygens (including phenoxy) is 1. The molecule has 5 rings (SSSR count). The maximum Gasteiger partial charge on any atom is 0.275 e. The van der Waals surface area contributed by atoms with Crippen LogP contribution in [0.15, 0.2) is 52.2 Å². The summed E-state index contributed by atoms with van der Waals surface area (Å²) in [5, 5.41) is 5.15. The molecule has 31 heavy (non-hydrogen) atoms. The molecule has 0 saturated heterocycles. The zero-order valence-corrected chi connectivity index (χ0v) is 17.4. The maximum absolute atomic E-state index is 12.9. The van der Waals surface area contributed by atoms with Crippen molar-refractivity contribution in [1.82, 2.24) is 24.2 Å². The predicted molar refractivity (Wildman–Crippen MR) is 113 cm³/mol. The van der Waals surface area contributed by atoms with Crippen LogP contribution in [0.4, 0.5) is 0 Å². The van der Waals surface area contributed by atoms with Crippen molar-refractivity contribution in [2.45, 2.75) is 13.5 Å². The zero-order valence-electron chi connectivity index (χ0n) is 16.6. The van der Waals surface area contributed by atoms with E-state index in [9.17, 15) is 9.59 Å². The van der Waals surface area contributed by atoms with E-state index in [-0.39, 0.29) is 18.1 Å². The monoisotopic (exact) mass is 439 g/mol. The molecule has 0 saturated carbocycles. The molecule has 0 unspecified atom stereocenters. The van der Waals surface area contributed by atoms with E-state index in [1.54, 1.807) is 52.3 Å². The summed E-state index contributed by atoms with van der Waals surface area (Å²) in [7, 11) is 0. The van der Waals surface area contributed by atoms with Crippen molar-refractivity contribution in [3.05, 3.63) is 69.6 Å². The molecule has 0 fully saturated rings. The van der Waals surface area contributed by atoms with Gasteiger partial charge in [-0.2, -0.15) is 0 Å². The second kappa shape index (κ2) is 7.59. The molecule has 10 heteroatoms. The molecule has 0 atom stereocenters. The number of aromatic nitrogens is 4. The van der Waals surface area contributed by atoms with Gasteiger partial charge < -0.3 is 23.3 Å². The standard InChI is InChI=1S/C21H18ClN5O4/c1-13-11-26(12-23-13)16-3-4-17-20(28)25(6-7-27(17)21(16)29)8-9-30-19-15-10-14(22)2-5-18(15)31-24-19/h2-5,10-12H,6-9H2,1H3. The first kappa shape index (κ1) is 19.4. The largest absolute Gasteiger partial charge is 0.473 e. The number of fused-ring (bicyclic) bond motifs is 2. The van der Waals surface area contributed by atoms with E-state index in [1.165, 1.54) is 4.57 Å². The van der Waals surface area contributed by atoms with Crippen molar-refractivity contribution < 1.29 is 14.1 Å². The van der Waals surface area contributed by atoms with Crippen LogP contribution in [0.2, 0.25) is 5.02 Å². The number of halogens is 1. The topological polar surface area (TPSA) is 95.4 Å². The zero-order chi connectivity index (χ0) is 21.5. The van der Waals surface area contributed by atoms with Crippen LogP contribution in [0.5, 0.6) is 5.88 Å². The molecule has 9 nitrogen and oxygen atoms in total. The number of imidazole rings is 1. The summed E-state index contributed by atoms with van der Waals surface area (Å²) in [4.78, 5) is 31.6. The lowest BCUT2D eigenvalue weighted by molar-refractivity contribution is 0.0671. The third-order valence-electron chi connectivity index (χ3n) is 5.24. The second-order valence-electron chi connectivity index (χ2n) is 7.25. The summed E-state index contributed by atoms with van der Waals surface area (Å²) < 4.78 is 14.1. The molecule has 0 spiro atoms. The van der Waals surface area contributed by atoms with Gasteiger partial charge in [0.2, 0.25) is 0 Å². The first-order valence-corrected chi connectivity index (χ1v) is 10.1. The first-order valence-electron chi connectivity index (χ1n) is 9.73. The first-order chi connectivity index (χ1) is 15.0. The molecule has 3 aromatic heterocycles. The van der Waals surface area contributed by atoms with Gasteiger partial charge in [0, 0.05) is 24.3 Å². The van der Waals surface area contributed by atoms with Gasteiger partial charge in [-0.15, -0.1) is 0 Å². The molecular formula is C21H18ClN5O4. The lowest BCUT2D eigenvalue weighted by Crippen LogP contribution is -2.46. The number of rotatable bonds is 5. The summed E-state index contributed by atoms with van der Waals surface area (Å²) in [6.45, 7) is 3.25. The van der Waals surface area contributed by atoms with Crippen molar-refractivity contribution in [2.24, 2.45) is 0 Å². The van der Waals surface area contributed by atoms with Gasteiger partial charge in [-0.3, -0.25) is 9.59 Å². The average molecular weight is 440 g/mol. The fourth-order valence-corrected chi connectivity index (χ4v) is 3.84. The third kappa shape index (κ3) is 3.46. The molecule has 1 aliphatic heterocycles. The van der Waals surface area contributed by atoms with Crippen LogP contribution in [-0.2, 0) is 6.54 Å². The van der Waals surface area contributed by atoms with Crippen LogP contribution < -0.4 is 10.3 Å². The van der Waals surface area contributed by atoms with Gasteiger partial charge in [0.05, 0.1) is 24.0 Å². The highest BCUT2D eigenvalue weighted by molar-refractivity contribution is 6.31. The van der Waals surface area contributed by atoms with Gasteiger partial charge in [0.1, 0.15) is 18.0 Å². The Morgan fingerprint density at radius 3 is 2.87 bits per heavy atom. The maximum atomic E-state index is 12.9. The number of hydrogen-bond acceptors (Lipinski definition) is 6. The van der Waals surface area contributed by atoms with Crippen LogP contribution in [0.3, 0.4) is 0 Å². The number of carbonyl (C=O) groups excluding carboxylic acids is 1. The van der Waals surface area contributed by atoms with Gasteiger partial charge in [-0.05, 0) is 42.4 Å². The van der Waals surface area contributed by atoms with Crippen molar-refractivity contribution in [2.75, 3.05) is 19.7 Å². The Morgan fingerprint density at radius 1 is 1.19 bits per heavy atom. The number of pyridine rings is 1. The summed E-state index contributed by atoms with van der Waals surface area (Å²) in [6.07, 6.45) is 3.37. The third-order valence-corrected chi connectivity index (χ3v) is 5.48. The predicted octanol–water partition coefficient (Wildman–Crippen LogP) is 2.67. The molecule has 1 aliphatic rings. The van der Waals surface area contributed by atoms with Crippen LogP contribution >= 0.6 is 11.6 Å². The van der Waals surface area contributed by atoms with E-state index >= 15 is 0 Å². The van der Waals surface area contributed by atoms with E-state index in [0.29, 0.717) is 52.9 Å². The molecular weight excluding hydrogens is 422 g/mol. The SMILES string of the molecule is Cc1cn(-c2ccc3n(c2=O)CCN(CCOc2noc4ccc(Cl)cc24)C3=O)cn1. The normalized spacial score (nSPS) is 13.6. The number of hydrogen-bond donors (Lipinski definition) is 0. The summed E-state index contributed by atoms with van der Waals surface area (Å²) in [6, 6.07) is 8.48. The van der Waals surface area contributed by atoms with Gasteiger partial charge in [-0.1, -0.05) is 11.6 Å². The molecule has 4 heterocycles. The van der Waals surface area contributed by atoms with Crippen molar-refractivity contribution in [3.63, 3.8) is 0 Å². The van der Waals surface area contributed by atoms with E-state index in [2.05, 4.69) is 10.1 Å². The fraction of sp³-hybridized carbons (Fsp3) is 0.238. The Balaban J connectivity index is 1.30. The molecule has 0 N–H and O–H groups in total. The van der Waals surface area contributed by atoms with Crippen LogP contribution in [-0.4, -0.2) is 49.8 Å². The summed E-state index contributed by atoms with van der Waals surface area (Å²) in [5.41, 5.74) is 1.99. The minimum absolute atomic E-state index is 0.214. The van der Waals surface area contributed by atoms with Gasteiger partial charge >= 0.3 is 0 Å². The molecule has 1 amide bonds. The number of aryl methyl sites for hydroxylation is 1. The summed E-state index contributed by atoms with van der Waals surface area (Å²) in [5.74, 6) is 0.118. The highest BCUT2D eigenvalue weighted by Crippen LogP contribution is 2.27. The Morgan fingerprint density at radius 2 is 2.06 bits per heavy atom. The minimum atomic E-state index is -0.218. The molecule has 0 aliphatic carbocycles. The molecule has 158 valence electrons. The van der Waals surface area contributed by atoms with Gasteiger partial charge in [-0.25, -0.2) is 4.98 Å². The Kier molecular flexibility index (Phi) is 4.74. The van der Waals surface area contributed by atoms with Crippen LogP contribution in [0.25, 0.3) is 16.7 Å². The van der Waals surface area contributed by atoms with Gasteiger partial charge in [0.25, 0.3) is 17.3 Å². The highest BCUT2D eigenvalue weighted by Gasteiger charge is 2.26. The molecule has 0 bridgehead atoms. The smallest absolute Gasteiger partial charge is 0.275 e. The Labute approximate surface area is 181 Å². The van der Waals surface area contributed by atoms with Crippen LogP contribution in [0.1, 0.15) is 16.2 Å². The lowest BCUT2D eigenvalue weighted by atomic mass is 10.2. The van der Waals surface area contributed by atoms with Crippen molar-refractivity contribution in [3.8, 4) is 11.6 Å². The second-order valence-corrected chi connectivity index (χ2v) is 7.69. The Bertz CT molecular complexity index is 1360. The van der Waals surface area contributed by atoms with Crippen LogP contribution in [0, 0.1) is 6.92 Å². The van der Waals surface area contributed by atoms with Crippen molar-refractivity contribution >= 4 is 28.5 Å². The van der Waals surface area contributed by atoms with E-state index in [0.717, 1.165) is 5.69 Å². The lowest BCUT2D eigenvalue weighted by Gasteiger charge is -2.29.